The van der Waals surface area contributed by atoms with Gasteiger partial charge in [0.05, 0.1) is 13.2 Å². The molecule has 0 aliphatic carbocycles. The van der Waals surface area contributed by atoms with Crippen LogP contribution in [0.25, 0.3) is 0 Å². The molecule has 0 aromatic carbocycles. The molecular formula is C11H23ClN2O3. The largest absolute Gasteiger partial charge is 0.396 e. The second-order valence-corrected chi connectivity index (χ2v) is 4.45. The van der Waals surface area contributed by atoms with Crippen molar-refractivity contribution in [1.29, 1.82) is 0 Å². The van der Waals surface area contributed by atoms with Crippen LogP contribution in [0.4, 0.5) is 0 Å². The Kier molecular flexibility index (Phi) is 8.51. The third kappa shape index (κ3) is 5.68. The van der Waals surface area contributed by atoms with Crippen molar-refractivity contribution >= 4 is 18.3 Å². The van der Waals surface area contributed by atoms with E-state index in [0.29, 0.717) is 32.1 Å². The third-order valence-electron chi connectivity index (χ3n) is 2.81. The lowest BCUT2D eigenvalue weighted by molar-refractivity contribution is -0.127. The Hall–Kier alpha value is -0.360. The van der Waals surface area contributed by atoms with E-state index in [9.17, 15) is 4.79 Å². The summed E-state index contributed by atoms with van der Waals surface area (Å²) in [7, 11) is 0. The number of morpholine rings is 1. The van der Waals surface area contributed by atoms with Crippen molar-refractivity contribution in [3.05, 3.63) is 0 Å². The topological polar surface area (TPSA) is 70.6 Å². The lowest BCUT2D eigenvalue weighted by atomic mass is 10.0. The first kappa shape index (κ1) is 16.6. The summed E-state index contributed by atoms with van der Waals surface area (Å²) >= 11 is 0. The molecule has 0 radical (unpaired) electrons. The van der Waals surface area contributed by atoms with Crippen molar-refractivity contribution in [2.75, 3.05) is 26.4 Å². The first-order valence-electron chi connectivity index (χ1n) is 5.87. The predicted molar refractivity (Wildman–Crippen MR) is 68.3 cm³/mol. The van der Waals surface area contributed by atoms with E-state index in [2.05, 4.69) is 10.6 Å². The van der Waals surface area contributed by atoms with Gasteiger partial charge in [0.25, 0.3) is 0 Å². The van der Waals surface area contributed by atoms with Gasteiger partial charge < -0.3 is 20.5 Å². The SMILES string of the molecule is CC(C)C(CCO)NC(=O)C1COCCN1.Cl. The van der Waals surface area contributed by atoms with Gasteiger partial charge in [-0.2, -0.15) is 0 Å². The number of amides is 1. The molecule has 102 valence electrons. The zero-order chi connectivity index (χ0) is 12.0. The predicted octanol–water partition coefficient (Wildman–Crippen LogP) is -0.0802. The first-order chi connectivity index (χ1) is 7.65. The summed E-state index contributed by atoms with van der Waals surface area (Å²) < 4.78 is 5.23. The zero-order valence-electron chi connectivity index (χ0n) is 10.4. The summed E-state index contributed by atoms with van der Waals surface area (Å²) in [6.45, 7) is 5.96. The number of carbonyl (C=O) groups excluding carboxylic acids is 1. The highest BCUT2D eigenvalue weighted by atomic mass is 35.5. The maximum Gasteiger partial charge on any atom is 0.239 e. The molecule has 1 aliphatic heterocycles. The molecule has 17 heavy (non-hydrogen) atoms. The van der Waals surface area contributed by atoms with Crippen molar-refractivity contribution in [2.45, 2.75) is 32.4 Å². The van der Waals surface area contributed by atoms with E-state index in [-0.39, 0.29) is 37.0 Å². The minimum Gasteiger partial charge on any atom is -0.396 e. The Morgan fingerprint density at radius 1 is 1.59 bits per heavy atom. The van der Waals surface area contributed by atoms with Crippen LogP contribution in [0, 0.1) is 5.92 Å². The summed E-state index contributed by atoms with van der Waals surface area (Å²) in [6.07, 6.45) is 0.594. The van der Waals surface area contributed by atoms with Crippen LogP contribution in [0.3, 0.4) is 0 Å². The maximum absolute atomic E-state index is 11.9. The number of hydrogen-bond acceptors (Lipinski definition) is 4. The van der Waals surface area contributed by atoms with Crippen molar-refractivity contribution in [3.63, 3.8) is 0 Å². The summed E-state index contributed by atoms with van der Waals surface area (Å²) in [6, 6.07) is -0.227. The van der Waals surface area contributed by atoms with Crippen molar-refractivity contribution in [2.24, 2.45) is 5.92 Å². The molecule has 1 fully saturated rings. The Balaban J connectivity index is 0.00000256. The molecule has 0 spiro atoms. The van der Waals surface area contributed by atoms with Crippen molar-refractivity contribution in [3.8, 4) is 0 Å². The standard InChI is InChI=1S/C11H22N2O3.ClH/c1-8(2)9(3-5-14)13-11(15)10-7-16-6-4-12-10;/h8-10,12,14H,3-7H2,1-2H3,(H,13,15);1H. The van der Waals surface area contributed by atoms with E-state index in [4.69, 9.17) is 9.84 Å². The number of ether oxygens (including phenoxy) is 1. The lowest BCUT2D eigenvalue weighted by Gasteiger charge is -2.27. The van der Waals surface area contributed by atoms with Gasteiger partial charge in [0.2, 0.25) is 5.91 Å². The second kappa shape index (κ2) is 8.69. The molecular weight excluding hydrogens is 244 g/mol. The Morgan fingerprint density at radius 3 is 2.76 bits per heavy atom. The highest BCUT2D eigenvalue weighted by Gasteiger charge is 2.24. The minimum absolute atomic E-state index is 0. The molecule has 0 bridgehead atoms. The number of halogens is 1. The van der Waals surface area contributed by atoms with Crippen LogP contribution in [0.15, 0.2) is 0 Å². The molecule has 3 N–H and O–H groups in total. The Labute approximate surface area is 109 Å². The summed E-state index contributed by atoms with van der Waals surface area (Å²) in [4.78, 5) is 11.9. The van der Waals surface area contributed by atoms with Crippen LogP contribution in [-0.4, -0.2) is 49.5 Å². The quantitative estimate of drug-likeness (QED) is 0.651. The summed E-state index contributed by atoms with van der Waals surface area (Å²) in [5, 5.41) is 15.0. The van der Waals surface area contributed by atoms with Crippen LogP contribution in [0.5, 0.6) is 0 Å². The molecule has 0 aromatic rings. The van der Waals surface area contributed by atoms with Gasteiger partial charge in [0.15, 0.2) is 0 Å². The fourth-order valence-electron chi connectivity index (χ4n) is 1.73. The van der Waals surface area contributed by atoms with E-state index in [1.54, 1.807) is 0 Å². The number of hydrogen-bond donors (Lipinski definition) is 3. The minimum atomic E-state index is -0.256. The van der Waals surface area contributed by atoms with E-state index in [1.807, 2.05) is 13.8 Å². The summed E-state index contributed by atoms with van der Waals surface area (Å²) in [5.41, 5.74) is 0. The fraction of sp³-hybridized carbons (Fsp3) is 0.909. The number of rotatable bonds is 5. The van der Waals surface area contributed by atoms with Gasteiger partial charge >= 0.3 is 0 Å². The molecule has 1 rings (SSSR count). The van der Waals surface area contributed by atoms with Gasteiger partial charge in [-0.15, -0.1) is 12.4 Å². The fourth-order valence-corrected chi connectivity index (χ4v) is 1.73. The molecule has 6 heteroatoms. The average molecular weight is 267 g/mol. The molecule has 0 aromatic heterocycles. The molecule has 1 saturated heterocycles. The van der Waals surface area contributed by atoms with Gasteiger partial charge in [-0.25, -0.2) is 0 Å². The normalized spacial score (nSPS) is 21.8. The number of carbonyl (C=O) groups is 1. The second-order valence-electron chi connectivity index (χ2n) is 4.45. The summed E-state index contributed by atoms with van der Waals surface area (Å²) in [5.74, 6) is 0.285. The molecule has 1 amide bonds. The van der Waals surface area contributed by atoms with Crippen LogP contribution < -0.4 is 10.6 Å². The number of aliphatic hydroxyl groups is 1. The highest BCUT2D eigenvalue weighted by Crippen LogP contribution is 2.06. The van der Waals surface area contributed by atoms with Gasteiger partial charge in [0, 0.05) is 19.2 Å². The lowest BCUT2D eigenvalue weighted by Crippen LogP contribution is -2.54. The van der Waals surface area contributed by atoms with Crippen LogP contribution in [0.2, 0.25) is 0 Å². The Bertz CT molecular complexity index is 221. The highest BCUT2D eigenvalue weighted by molar-refractivity contribution is 5.85. The first-order valence-corrected chi connectivity index (χ1v) is 5.87. The molecule has 2 atom stereocenters. The van der Waals surface area contributed by atoms with E-state index < -0.39 is 0 Å². The van der Waals surface area contributed by atoms with Crippen molar-refractivity contribution < 1.29 is 14.6 Å². The molecule has 1 aliphatic rings. The van der Waals surface area contributed by atoms with Crippen molar-refractivity contribution in [1.82, 2.24) is 10.6 Å². The number of nitrogens with one attached hydrogen (secondary N) is 2. The average Bonchev–Trinajstić information content (AvgIpc) is 2.29. The van der Waals surface area contributed by atoms with Crippen LogP contribution >= 0.6 is 12.4 Å². The zero-order valence-corrected chi connectivity index (χ0v) is 11.3. The van der Waals surface area contributed by atoms with Gasteiger partial charge in [-0.05, 0) is 12.3 Å². The smallest absolute Gasteiger partial charge is 0.239 e. The molecule has 0 saturated carbocycles. The van der Waals surface area contributed by atoms with E-state index >= 15 is 0 Å². The van der Waals surface area contributed by atoms with E-state index in [1.165, 1.54) is 0 Å². The van der Waals surface area contributed by atoms with Gasteiger partial charge in [0.1, 0.15) is 6.04 Å². The molecule has 1 heterocycles. The molecule has 5 nitrogen and oxygen atoms in total. The number of aliphatic hydroxyl groups excluding tert-OH is 1. The van der Waals surface area contributed by atoms with Crippen LogP contribution in [-0.2, 0) is 9.53 Å². The van der Waals surface area contributed by atoms with Gasteiger partial charge in [-0.3, -0.25) is 4.79 Å². The Morgan fingerprint density at radius 2 is 2.29 bits per heavy atom. The van der Waals surface area contributed by atoms with Crippen LogP contribution in [0.1, 0.15) is 20.3 Å². The van der Waals surface area contributed by atoms with E-state index in [0.717, 1.165) is 0 Å². The third-order valence-corrected chi connectivity index (χ3v) is 2.81. The van der Waals surface area contributed by atoms with Gasteiger partial charge in [-0.1, -0.05) is 13.8 Å². The monoisotopic (exact) mass is 266 g/mol. The maximum atomic E-state index is 11.9. The molecule has 2 unspecified atom stereocenters.